The van der Waals surface area contributed by atoms with Gasteiger partial charge in [-0.25, -0.2) is 4.79 Å². The van der Waals surface area contributed by atoms with Gasteiger partial charge in [-0.15, -0.1) is 6.58 Å². The van der Waals surface area contributed by atoms with Crippen molar-refractivity contribution in [3.8, 4) is 0 Å². The first-order chi connectivity index (χ1) is 9.07. The minimum absolute atomic E-state index is 0.158. The van der Waals surface area contributed by atoms with E-state index in [0.717, 1.165) is 25.7 Å². The average molecular weight is 264 g/mol. The molecule has 0 N–H and O–H groups in total. The van der Waals surface area contributed by atoms with E-state index >= 15 is 0 Å². The van der Waals surface area contributed by atoms with Crippen molar-refractivity contribution in [3.05, 3.63) is 45.3 Å². The third-order valence-electron chi connectivity index (χ3n) is 3.29. The van der Waals surface area contributed by atoms with Crippen LogP contribution < -0.4 is 11.2 Å². The lowest BCUT2D eigenvalue weighted by molar-refractivity contribution is 0.521. The summed E-state index contributed by atoms with van der Waals surface area (Å²) in [5, 5.41) is 0. The van der Waals surface area contributed by atoms with E-state index in [9.17, 15) is 9.59 Å². The van der Waals surface area contributed by atoms with Gasteiger partial charge in [0, 0.05) is 25.4 Å². The molecule has 1 aromatic rings. The molecule has 0 radical (unpaired) electrons. The fraction of sp³-hybridized carbons (Fsp3) is 0.600. The summed E-state index contributed by atoms with van der Waals surface area (Å²) >= 11 is 0. The number of hydrogen-bond acceptors (Lipinski definition) is 2. The zero-order valence-electron chi connectivity index (χ0n) is 12.0. The fourth-order valence-corrected chi connectivity index (χ4v) is 2.18. The molecule has 0 aliphatic heterocycles. The minimum Gasteiger partial charge on any atom is -0.303 e. The van der Waals surface area contributed by atoms with E-state index in [-0.39, 0.29) is 11.2 Å². The number of unbranched alkanes of at least 4 members (excludes halogenated alkanes) is 5. The number of hydrogen-bond donors (Lipinski definition) is 0. The molecule has 0 bridgehead atoms. The summed E-state index contributed by atoms with van der Waals surface area (Å²) in [4.78, 5) is 23.7. The Morgan fingerprint density at radius 1 is 1.16 bits per heavy atom. The van der Waals surface area contributed by atoms with Crippen LogP contribution in [0.15, 0.2) is 28.4 Å². The van der Waals surface area contributed by atoms with Gasteiger partial charge in [-0.2, -0.15) is 0 Å². The SMILES string of the molecule is C=CCCCCCCCn1c(=O)c(C)cn(C)c1=O. The molecule has 0 saturated carbocycles. The van der Waals surface area contributed by atoms with Crippen molar-refractivity contribution in [2.75, 3.05) is 0 Å². The van der Waals surface area contributed by atoms with Gasteiger partial charge >= 0.3 is 5.69 Å². The van der Waals surface area contributed by atoms with Crippen molar-refractivity contribution in [1.82, 2.24) is 9.13 Å². The molecular weight excluding hydrogens is 240 g/mol. The lowest BCUT2D eigenvalue weighted by atomic mass is 10.1. The minimum atomic E-state index is -0.220. The topological polar surface area (TPSA) is 44.0 Å². The van der Waals surface area contributed by atoms with Crippen LogP contribution >= 0.6 is 0 Å². The van der Waals surface area contributed by atoms with E-state index in [1.54, 1.807) is 20.2 Å². The number of nitrogens with zero attached hydrogens (tertiary/aromatic N) is 2. The smallest absolute Gasteiger partial charge is 0.303 e. The second-order valence-electron chi connectivity index (χ2n) is 5.01. The van der Waals surface area contributed by atoms with Crippen LogP contribution in [-0.2, 0) is 13.6 Å². The molecule has 4 nitrogen and oxygen atoms in total. The molecule has 0 aliphatic carbocycles. The van der Waals surface area contributed by atoms with Gasteiger partial charge in [-0.3, -0.25) is 9.36 Å². The van der Waals surface area contributed by atoms with Crippen LogP contribution in [0.25, 0.3) is 0 Å². The van der Waals surface area contributed by atoms with Crippen LogP contribution in [0.4, 0.5) is 0 Å². The van der Waals surface area contributed by atoms with Crippen molar-refractivity contribution >= 4 is 0 Å². The third-order valence-corrected chi connectivity index (χ3v) is 3.29. The first-order valence-corrected chi connectivity index (χ1v) is 6.96. The summed E-state index contributed by atoms with van der Waals surface area (Å²) in [5.74, 6) is 0. The Morgan fingerprint density at radius 2 is 1.79 bits per heavy atom. The molecule has 1 aromatic heterocycles. The molecule has 1 rings (SSSR count). The summed E-state index contributed by atoms with van der Waals surface area (Å²) in [5.41, 5.74) is 0.241. The Labute approximate surface area is 114 Å². The average Bonchev–Trinajstić information content (AvgIpc) is 2.39. The van der Waals surface area contributed by atoms with E-state index in [4.69, 9.17) is 0 Å². The predicted octanol–water partition coefficient (Wildman–Crippen LogP) is 2.38. The summed E-state index contributed by atoms with van der Waals surface area (Å²) in [6.45, 7) is 5.96. The Balaban J connectivity index is 2.48. The Hall–Kier alpha value is -1.58. The van der Waals surface area contributed by atoms with Crippen LogP contribution in [0.2, 0.25) is 0 Å². The molecule has 0 aliphatic rings. The normalized spacial score (nSPS) is 10.6. The first kappa shape index (κ1) is 15.5. The summed E-state index contributed by atoms with van der Waals surface area (Å²) in [6, 6.07) is 0. The number of aromatic nitrogens is 2. The molecule has 0 spiro atoms. The van der Waals surface area contributed by atoms with Crippen molar-refractivity contribution in [1.29, 1.82) is 0 Å². The maximum Gasteiger partial charge on any atom is 0.330 e. The standard InChI is InChI=1S/C15H24N2O2/c1-4-5-6-7-8-9-10-11-17-14(18)13(2)12-16(3)15(17)19/h4,12H,1,5-11H2,2-3H3. The van der Waals surface area contributed by atoms with Crippen molar-refractivity contribution in [3.63, 3.8) is 0 Å². The van der Waals surface area contributed by atoms with Gasteiger partial charge in [0.25, 0.3) is 5.56 Å². The second kappa shape index (κ2) is 7.77. The first-order valence-electron chi connectivity index (χ1n) is 6.96. The van der Waals surface area contributed by atoms with Crippen molar-refractivity contribution in [2.45, 2.75) is 52.0 Å². The Morgan fingerprint density at radius 3 is 2.47 bits per heavy atom. The molecule has 0 aromatic carbocycles. The van der Waals surface area contributed by atoms with Gasteiger partial charge in [-0.1, -0.05) is 25.3 Å². The van der Waals surface area contributed by atoms with E-state index < -0.39 is 0 Å². The maximum absolute atomic E-state index is 11.9. The molecule has 0 unspecified atom stereocenters. The van der Waals surface area contributed by atoms with Crippen LogP contribution in [0.3, 0.4) is 0 Å². The maximum atomic E-state index is 11.9. The van der Waals surface area contributed by atoms with Gasteiger partial charge in [0.2, 0.25) is 0 Å². The molecule has 106 valence electrons. The van der Waals surface area contributed by atoms with Crippen LogP contribution in [0.1, 0.15) is 44.1 Å². The number of allylic oxidation sites excluding steroid dienone is 1. The fourth-order valence-electron chi connectivity index (χ4n) is 2.18. The second-order valence-corrected chi connectivity index (χ2v) is 5.01. The summed E-state index contributed by atoms with van der Waals surface area (Å²) < 4.78 is 2.82. The van der Waals surface area contributed by atoms with Crippen LogP contribution in [-0.4, -0.2) is 9.13 Å². The predicted molar refractivity (Wildman–Crippen MR) is 78.6 cm³/mol. The molecular formula is C15H24N2O2. The van der Waals surface area contributed by atoms with Crippen molar-refractivity contribution in [2.24, 2.45) is 7.05 Å². The molecule has 1 heterocycles. The quantitative estimate of drug-likeness (QED) is 0.534. The van der Waals surface area contributed by atoms with E-state index in [1.807, 2.05) is 6.08 Å². The molecule has 19 heavy (non-hydrogen) atoms. The molecule has 0 atom stereocenters. The van der Waals surface area contributed by atoms with Gasteiger partial charge in [0.1, 0.15) is 0 Å². The lowest BCUT2D eigenvalue weighted by Gasteiger charge is -2.08. The molecule has 4 heteroatoms. The van der Waals surface area contributed by atoms with Gasteiger partial charge in [0.05, 0.1) is 0 Å². The third kappa shape index (κ3) is 4.54. The highest BCUT2D eigenvalue weighted by Crippen LogP contribution is 2.05. The van der Waals surface area contributed by atoms with E-state index in [2.05, 4.69) is 6.58 Å². The van der Waals surface area contributed by atoms with Crippen LogP contribution in [0, 0.1) is 6.92 Å². The number of rotatable bonds is 8. The lowest BCUT2D eigenvalue weighted by Crippen LogP contribution is -2.39. The Kier molecular flexibility index (Phi) is 6.33. The monoisotopic (exact) mass is 264 g/mol. The van der Waals surface area contributed by atoms with Gasteiger partial charge in [-0.05, 0) is 26.2 Å². The van der Waals surface area contributed by atoms with Gasteiger partial charge in [0.15, 0.2) is 0 Å². The van der Waals surface area contributed by atoms with E-state index in [1.165, 1.54) is 22.0 Å². The van der Waals surface area contributed by atoms with E-state index in [0.29, 0.717) is 12.1 Å². The number of aryl methyl sites for hydroxylation is 2. The van der Waals surface area contributed by atoms with Crippen LogP contribution in [0.5, 0.6) is 0 Å². The summed E-state index contributed by atoms with van der Waals surface area (Å²) in [7, 11) is 1.68. The highest BCUT2D eigenvalue weighted by molar-refractivity contribution is 5.02. The highest BCUT2D eigenvalue weighted by atomic mass is 16.2. The summed E-state index contributed by atoms with van der Waals surface area (Å²) in [6.07, 6.45) is 10.1. The largest absolute Gasteiger partial charge is 0.330 e. The zero-order valence-corrected chi connectivity index (χ0v) is 12.0. The molecule has 0 amide bonds. The molecule has 0 fully saturated rings. The van der Waals surface area contributed by atoms with Gasteiger partial charge < -0.3 is 4.57 Å². The molecule has 0 saturated heterocycles. The Bertz CT molecular complexity index is 492. The highest BCUT2D eigenvalue weighted by Gasteiger charge is 2.05. The van der Waals surface area contributed by atoms with Crippen molar-refractivity contribution < 1.29 is 0 Å². The zero-order chi connectivity index (χ0) is 14.3.